The van der Waals surface area contributed by atoms with E-state index in [-0.39, 0.29) is 5.75 Å². The Kier molecular flexibility index (Phi) is 3.29. The molecule has 3 saturated heterocycles. The lowest BCUT2D eigenvalue weighted by molar-refractivity contribution is 0.0254. The Labute approximate surface area is 98.1 Å². The Morgan fingerprint density at radius 1 is 1.38 bits per heavy atom. The lowest BCUT2D eigenvalue weighted by Gasteiger charge is -2.51. The molecule has 0 radical (unpaired) electrons. The summed E-state index contributed by atoms with van der Waals surface area (Å²) < 4.78 is 24.6. The Balaban J connectivity index is 2.18. The average molecular weight is 246 g/mol. The molecule has 0 aromatic rings. The number of rotatable bonds is 4. The molecule has 4 nitrogen and oxygen atoms in total. The number of piperidine rings is 3. The molecule has 0 aliphatic carbocycles. The van der Waals surface area contributed by atoms with Gasteiger partial charge in [0.2, 0.25) is 0 Å². The van der Waals surface area contributed by atoms with Gasteiger partial charge in [0.1, 0.15) is 0 Å². The van der Waals surface area contributed by atoms with Crippen LogP contribution in [0.3, 0.4) is 0 Å². The summed E-state index contributed by atoms with van der Waals surface area (Å²) in [5.74, 6) is 0.759. The van der Waals surface area contributed by atoms with Crippen molar-refractivity contribution in [1.29, 1.82) is 0 Å². The smallest absolute Gasteiger partial charge is 0.182 e. The summed E-state index contributed by atoms with van der Waals surface area (Å²) in [6.07, 6.45) is 4.49. The van der Waals surface area contributed by atoms with Crippen LogP contribution in [0.15, 0.2) is 0 Å². The number of hydrogen-bond donors (Lipinski definition) is 1. The Morgan fingerprint density at radius 2 is 2.00 bits per heavy atom. The molecule has 1 atom stereocenters. The van der Waals surface area contributed by atoms with E-state index in [1.165, 1.54) is 0 Å². The van der Waals surface area contributed by atoms with E-state index in [0.29, 0.717) is 12.3 Å². The van der Waals surface area contributed by atoms with Crippen LogP contribution in [0.2, 0.25) is 0 Å². The number of hydrogen-bond acceptors (Lipinski definition) is 4. The molecule has 5 heteroatoms. The number of sulfone groups is 1. The van der Waals surface area contributed by atoms with Crippen LogP contribution < -0.4 is 5.73 Å². The van der Waals surface area contributed by atoms with Crippen LogP contribution >= 0.6 is 0 Å². The number of nitrogens with zero attached hydrogens (tertiary/aromatic N) is 1. The quantitative estimate of drug-likeness (QED) is 0.801. The van der Waals surface area contributed by atoms with Gasteiger partial charge in [-0.2, -0.15) is 0 Å². The Hall–Kier alpha value is -0.130. The fraction of sp³-hybridized carbons (Fsp3) is 1.00. The topological polar surface area (TPSA) is 63.4 Å². The van der Waals surface area contributed by atoms with Gasteiger partial charge in [-0.3, -0.25) is 4.90 Å². The second-order valence-electron chi connectivity index (χ2n) is 5.15. The Morgan fingerprint density at radius 3 is 2.44 bits per heavy atom. The first kappa shape index (κ1) is 12.3. The molecular formula is C11H22N2O2S. The average Bonchev–Trinajstić information content (AvgIpc) is 2.27. The van der Waals surface area contributed by atoms with Gasteiger partial charge in [-0.25, -0.2) is 8.42 Å². The predicted octanol–water partition coefficient (Wildman–Crippen LogP) is 0.929. The van der Waals surface area contributed by atoms with Crippen molar-refractivity contribution in [2.45, 2.75) is 44.0 Å². The highest BCUT2D eigenvalue weighted by Crippen LogP contribution is 2.39. The summed E-state index contributed by atoms with van der Waals surface area (Å²) in [6, 6.07) is 0. The van der Waals surface area contributed by atoms with E-state index in [1.807, 2.05) is 11.8 Å². The first-order valence-corrected chi connectivity index (χ1v) is 7.91. The molecule has 3 aliphatic rings. The normalized spacial score (nSPS) is 38.9. The first-order valence-electron chi connectivity index (χ1n) is 6.26. The predicted molar refractivity (Wildman–Crippen MR) is 64.5 cm³/mol. The lowest BCUT2D eigenvalue weighted by atomic mass is 9.86. The largest absolute Gasteiger partial charge is 0.300 e. The highest BCUT2D eigenvalue weighted by Gasteiger charge is 2.51. The van der Waals surface area contributed by atoms with Gasteiger partial charge in [-0.15, -0.1) is 0 Å². The van der Waals surface area contributed by atoms with Crippen LogP contribution in [0.1, 0.15) is 39.0 Å². The summed E-state index contributed by atoms with van der Waals surface area (Å²) in [6.45, 7) is 3.71. The summed E-state index contributed by atoms with van der Waals surface area (Å²) in [5.41, 5.74) is 6.20. The van der Waals surface area contributed by atoms with E-state index in [1.54, 1.807) is 0 Å². The molecule has 94 valence electrons. The van der Waals surface area contributed by atoms with Crippen LogP contribution in [-0.2, 0) is 9.84 Å². The molecule has 0 aromatic carbocycles. The first-order chi connectivity index (χ1) is 7.49. The van der Waals surface area contributed by atoms with Crippen molar-refractivity contribution in [3.8, 4) is 0 Å². The minimum Gasteiger partial charge on any atom is -0.300 e. The minimum atomic E-state index is -3.17. The molecule has 3 aliphatic heterocycles. The number of fused-ring (bicyclic) bond motifs is 3. The van der Waals surface area contributed by atoms with Gasteiger partial charge < -0.3 is 5.73 Å². The van der Waals surface area contributed by atoms with E-state index in [4.69, 9.17) is 5.73 Å². The zero-order valence-corrected chi connectivity index (χ0v) is 10.8. The molecule has 2 bridgehead atoms. The van der Waals surface area contributed by atoms with Crippen LogP contribution in [0, 0.1) is 5.92 Å². The molecule has 0 aromatic heterocycles. The molecule has 3 rings (SSSR count). The molecule has 3 fully saturated rings. The van der Waals surface area contributed by atoms with Gasteiger partial charge in [-0.05, 0) is 31.6 Å². The van der Waals surface area contributed by atoms with E-state index in [2.05, 4.69) is 0 Å². The zero-order chi connectivity index (χ0) is 11.8. The van der Waals surface area contributed by atoms with Crippen LogP contribution in [0.4, 0.5) is 0 Å². The van der Waals surface area contributed by atoms with Gasteiger partial charge in [0.05, 0.1) is 5.75 Å². The second kappa shape index (κ2) is 4.27. The summed E-state index contributed by atoms with van der Waals surface area (Å²) in [7, 11) is -3.17. The van der Waals surface area contributed by atoms with Gasteiger partial charge in [0.25, 0.3) is 0 Å². The van der Waals surface area contributed by atoms with Crippen molar-refractivity contribution in [3.05, 3.63) is 0 Å². The van der Waals surface area contributed by atoms with Gasteiger partial charge in [0.15, 0.2) is 14.8 Å². The summed E-state index contributed by atoms with van der Waals surface area (Å²) in [5, 5.41) is 0. The molecule has 3 heterocycles. The van der Waals surface area contributed by atoms with E-state index < -0.39 is 14.8 Å². The molecule has 2 N–H and O–H groups in total. The van der Waals surface area contributed by atoms with Crippen LogP contribution in [-0.4, -0.2) is 37.2 Å². The van der Waals surface area contributed by atoms with Crippen LogP contribution in [0.5, 0.6) is 0 Å². The lowest BCUT2D eigenvalue weighted by Crippen LogP contribution is -2.68. The van der Waals surface area contributed by atoms with Crippen molar-refractivity contribution in [3.63, 3.8) is 0 Å². The molecular weight excluding hydrogens is 224 g/mol. The zero-order valence-electron chi connectivity index (χ0n) is 9.98. The maximum absolute atomic E-state index is 12.3. The van der Waals surface area contributed by atoms with Gasteiger partial charge in [0, 0.05) is 13.1 Å². The van der Waals surface area contributed by atoms with E-state index in [9.17, 15) is 8.42 Å². The van der Waals surface area contributed by atoms with Crippen molar-refractivity contribution >= 4 is 9.84 Å². The van der Waals surface area contributed by atoms with Crippen molar-refractivity contribution in [2.75, 3.05) is 18.8 Å². The SMILES string of the molecule is CCCCS(=O)(=O)C1(N)CC2CCN1CC2. The van der Waals surface area contributed by atoms with Gasteiger partial charge >= 0.3 is 0 Å². The maximum atomic E-state index is 12.3. The minimum absolute atomic E-state index is 0.239. The van der Waals surface area contributed by atoms with E-state index in [0.717, 1.165) is 38.8 Å². The highest BCUT2D eigenvalue weighted by atomic mass is 32.2. The fourth-order valence-corrected chi connectivity index (χ4v) is 4.98. The molecule has 0 amide bonds. The second-order valence-corrected chi connectivity index (χ2v) is 7.50. The van der Waals surface area contributed by atoms with Crippen molar-refractivity contribution in [2.24, 2.45) is 11.7 Å². The van der Waals surface area contributed by atoms with Crippen LogP contribution in [0.25, 0.3) is 0 Å². The Bertz CT molecular complexity index is 347. The van der Waals surface area contributed by atoms with Gasteiger partial charge in [-0.1, -0.05) is 13.3 Å². The van der Waals surface area contributed by atoms with Crippen molar-refractivity contribution < 1.29 is 8.42 Å². The molecule has 0 saturated carbocycles. The standard InChI is InChI=1S/C11H22N2O2S/c1-2-3-8-16(14,15)11(12)9-10-4-6-13(11)7-5-10/h10H,2-9,12H2,1H3. The highest BCUT2D eigenvalue weighted by molar-refractivity contribution is 7.92. The third-order valence-electron chi connectivity index (χ3n) is 4.04. The summed E-state index contributed by atoms with van der Waals surface area (Å²) >= 11 is 0. The molecule has 0 spiro atoms. The number of unbranched alkanes of at least 4 members (excludes halogenated alkanes) is 1. The maximum Gasteiger partial charge on any atom is 0.182 e. The summed E-state index contributed by atoms with van der Waals surface area (Å²) in [4.78, 5) is 0.932. The molecule has 16 heavy (non-hydrogen) atoms. The fourth-order valence-electron chi connectivity index (χ4n) is 2.89. The monoisotopic (exact) mass is 246 g/mol. The third-order valence-corrected chi connectivity index (χ3v) is 6.36. The number of nitrogens with two attached hydrogens (primary N) is 1. The van der Waals surface area contributed by atoms with E-state index >= 15 is 0 Å². The third kappa shape index (κ3) is 1.89. The molecule has 1 unspecified atom stereocenters. The van der Waals surface area contributed by atoms with Crippen molar-refractivity contribution in [1.82, 2.24) is 4.90 Å².